The molecule has 98 valence electrons. The molecule has 1 aromatic carbocycles. The molecule has 1 rings (SSSR count). The lowest BCUT2D eigenvalue weighted by molar-refractivity contribution is -0.119. The third kappa shape index (κ3) is 4.55. The Bertz CT molecular complexity index is 430. The van der Waals surface area contributed by atoms with Gasteiger partial charge in [-0.15, -0.1) is 0 Å². The molecule has 4 N–H and O–H groups in total. The van der Waals surface area contributed by atoms with Crippen LogP contribution in [0.5, 0.6) is 0 Å². The summed E-state index contributed by atoms with van der Waals surface area (Å²) in [5, 5.41) is 5.49. The van der Waals surface area contributed by atoms with E-state index in [4.69, 9.17) is 5.73 Å². The maximum atomic E-state index is 11.5. The van der Waals surface area contributed by atoms with Gasteiger partial charge in [0.25, 0.3) is 0 Å². The van der Waals surface area contributed by atoms with Crippen LogP contribution in [0.15, 0.2) is 24.3 Å². The van der Waals surface area contributed by atoms with Crippen molar-refractivity contribution < 1.29 is 9.59 Å². The molecule has 5 nitrogen and oxygen atoms in total. The molecule has 18 heavy (non-hydrogen) atoms. The van der Waals surface area contributed by atoms with Crippen molar-refractivity contribution in [3.8, 4) is 0 Å². The number of hydrogen-bond acceptors (Lipinski definition) is 3. The Balaban J connectivity index is 2.67. The van der Waals surface area contributed by atoms with E-state index < -0.39 is 0 Å². The molecule has 0 radical (unpaired) electrons. The van der Waals surface area contributed by atoms with Crippen molar-refractivity contribution in [3.63, 3.8) is 0 Å². The first-order valence-electron chi connectivity index (χ1n) is 5.93. The molecule has 5 heteroatoms. The topological polar surface area (TPSA) is 84.2 Å². The molecule has 0 atom stereocenters. The molecule has 0 aliphatic rings. The second-order valence-electron chi connectivity index (χ2n) is 4.31. The summed E-state index contributed by atoms with van der Waals surface area (Å²) in [6.07, 6.45) is 0.280. The summed E-state index contributed by atoms with van der Waals surface area (Å²) in [4.78, 5) is 22.9. The zero-order valence-electron chi connectivity index (χ0n) is 10.7. The highest BCUT2D eigenvalue weighted by Gasteiger charge is 2.07. The Morgan fingerprint density at radius 1 is 1.22 bits per heavy atom. The number of anilines is 2. The van der Waals surface area contributed by atoms with Gasteiger partial charge in [0.1, 0.15) is 0 Å². The highest BCUT2D eigenvalue weighted by molar-refractivity contribution is 5.94. The van der Waals surface area contributed by atoms with Crippen molar-refractivity contribution in [2.24, 2.45) is 11.7 Å². The van der Waals surface area contributed by atoms with E-state index in [-0.39, 0.29) is 24.2 Å². The van der Waals surface area contributed by atoms with Crippen molar-refractivity contribution in [2.45, 2.75) is 20.3 Å². The maximum absolute atomic E-state index is 11.5. The summed E-state index contributed by atoms with van der Waals surface area (Å²) in [6.45, 7) is 3.96. The summed E-state index contributed by atoms with van der Waals surface area (Å²) in [5.41, 5.74) is 6.61. The van der Waals surface area contributed by atoms with Gasteiger partial charge < -0.3 is 16.4 Å². The van der Waals surface area contributed by atoms with Crippen LogP contribution in [0.2, 0.25) is 0 Å². The van der Waals surface area contributed by atoms with E-state index >= 15 is 0 Å². The minimum Gasteiger partial charge on any atom is -0.330 e. The first-order valence-corrected chi connectivity index (χ1v) is 5.93. The number of hydrogen-bond donors (Lipinski definition) is 3. The van der Waals surface area contributed by atoms with Gasteiger partial charge >= 0.3 is 0 Å². The zero-order valence-corrected chi connectivity index (χ0v) is 10.7. The number of nitrogens with one attached hydrogen (secondary N) is 2. The third-order valence-electron chi connectivity index (χ3n) is 2.31. The molecule has 0 heterocycles. The van der Waals surface area contributed by atoms with Gasteiger partial charge in [-0.3, -0.25) is 9.59 Å². The Hall–Kier alpha value is -1.88. The minimum absolute atomic E-state index is 0.0552. The summed E-state index contributed by atoms with van der Waals surface area (Å²) < 4.78 is 0. The molecule has 0 aliphatic carbocycles. The fraction of sp³-hybridized carbons (Fsp3) is 0.385. The van der Waals surface area contributed by atoms with E-state index in [2.05, 4.69) is 10.6 Å². The highest BCUT2D eigenvalue weighted by atomic mass is 16.2. The molecule has 2 amide bonds. The van der Waals surface area contributed by atoms with Crippen LogP contribution in [-0.2, 0) is 9.59 Å². The molecular weight excluding hydrogens is 230 g/mol. The molecule has 0 aromatic heterocycles. The van der Waals surface area contributed by atoms with E-state index in [1.165, 1.54) is 0 Å². The quantitative estimate of drug-likeness (QED) is 0.740. The van der Waals surface area contributed by atoms with Crippen LogP contribution < -0.4 is 16.4 Å². The second kappa shape index (κ2) is 6.76. The lowest BCUT2D eigenvalue weighted by atomic mass is 10.2. The van der Waals surface area contributed by atoms with Gasteiger partial charge in [0.05, 0.1) is 0 Å². The Labute approximate surface area is 107 Å². The summed E-state index contributed by atoms with van der Waals surface area (Å²) in [7, 11) is 0. The normalized spacial score (nSPS) is 10.2. The first-order chi connectivity index (χ1) is 8.52. The van der Waals surface area contributed by atoms with Gasteiger partial charge in [0, 0.05) is 30.3 Å². The molecule has 0 saturated heterocycles. The van der Waals surface area contributed by atoms with Gasteiger partial charge in [0.15, 0.2) is 0 Å². The largest absolute Gasteiger partial charge is 0.330 e. The predicted molar refractivity (Wildman–Crippen MR) is 72.2 cm³/mol. The average Bonchev–Trinajstić information content (AvgIpc) is 2.29. The molecule has 0 saturated carbocycles. The fourth-order valence-electron chi connectivity index (χ4n) is 1.32. The van der Waals surface area contributed by atoms with Gasteiger partial charge in [-0.05, 0) is 18.2 Å². The lowest BCUT2D eigenvalue weighted by Gasteiger charge is -2.10. The van der Waals surface area contributed by atoms with Crippen molar-refractivity contribution in [3.05, 3.63) is 24.3 Å². The molecule has 0 aliphatic heterocycles. The predicted octanol–water partition coefficient (Wildman–Crippen LogP) is 1.57. The van der Waals surface area contributed by atoms with E-state index in [1.807, 2.05) is 13.8 Å². The van der Waals surface area contributed by atoms with Crippen LogP contribution in [0.4, 0.5) is 11.4 Å². The SMILES string of the molecule is CC(C)C(=O)Nc1cccc(NC(=O)CCN)c1. The van der Waals surface area contributed by atoms with Crippen LogP contribution >= 0.6 is 0 Å². The summed E-state index contributed by atoms with van der Waals surface area (Å²) >= 11 is 0. The fourth-order valence-corrected chi connectivity index (χ4v) is 1.32. The van der Waals surface area contributed by atoms with Gasteiger partial charge in [-0.25, -0.2) is 0 Å². The maximum Gasteiger partial charge on any atom is 0.226 e. The summed E-state index contributed by atoms with van der Waals surface area (Å²) in [6, 6.07) is 7.03. The second-order valence-corrected chi connectivity index (χ2v) is 4.31. The number of rotatable bonds is 5. The molecular formula is C13H19N3O2. The first kappa shape index (κ1) is 14.2. The zero-order chi connectivity index (χ0) is 13.5. The number of nitrogens with two attached hydrogens (primary N) is 1. The highest BCUT2D eigenvalue weighted by Crippen LogP contribution is 2.16. The van der Waals surface area contributed by atoms with Gasteiger partial charge in [-0.2, -0.15) is 0 Å². The smallest absolute Gasteiger partial charge is 0.226 e. The molecule has 1 aromatic rings. The van der Waals surface area contributed by atoms with Gasteiger partial charge in [0.2, 0.25) is 11.8 Å². The molecule has 0 bridgehead atoms. The Morgan fingerprint density at radius 3 is 2.39 bits per heavy atom. The van der Waals surface area contributed by atoms with Crippen molar-refractivity contribution in [2.75, 3.05) is 17.2 Å². The molecule has 0 unspecified atom stereocenters. The minimum atomic E-state index is -0.134. The molecule has 0 fully saturated rings. The van der Waals surface area contributed by atoms with E-state index in [9.17, 15) is 9.59 Å². The van der Waals surface area contributed by atoms with E-state index in [0.717, 1.165) is 0 Å². The van der Waals surface area contributed by atoms with E-state index in [1.54, 1.807) is 24.3 Å². The summed E-state index contributed by atoms with van der Waals surface area (Å²) in [5.74, 6) is -0.272. The van der Waals surface area contributed by atoms with Crippen LogP contribution in [0.3, 0.4) is 0 Å². The van der Waals surface area contributed by atoms with Crippen molar-refractivity contribution in [1.82, 2.24) is 0 Å². The number of benzene rings is 1. The van der Waals surface area contributed by atoms with E-state index in [0.29, 0.717) is 17.9 Å². The number of carbonyl (C=O) groups excluding carboxylic acids is 2. The third-order valence-corrected chi connectivity index (χ3v) is 2.31. The number of amides is 2. The monoisotopic (exact) mass is 249 g/mol. The van der Waals surface area contributed by atoms with Crippen LogP contribution in [0.1, 0.15) is 20.3 Å². The van der Waals surface area contributed by atoms with Crippen molar-refractivity contribution >= 4 is 23.2 Å². The Morgan fingerprint density at radius 2 is 1.83 bits per heavy atom. The van der Waals surface area contributed by atoms with Crippen LogP contribution in [-0.4, -0.2) is 18.4 Å². The van der Waals surface area contributed by atoms with Gasteiger partial charge in [-0.1, -0.05) is 19.9 Å². The number of carbonyl (C=O) groups is 2. The standard InChI is InChI=1S/C13H19N3O2/c1-9(2)13(18)16-11-5-3-4-10(8-11)15-12(17)6-7-14/h3-5,8-9H,6-7,14H2,1-2H3,(H,15,17)(H,16,18). The van der Waals surface area contributed by atoms with Crippen molar-refractivity contribution in [1.29, 1.82) is 0 Å². The molecule has 0 spiro atoms. The average molecular weight is 249 g/mol. The van der Waals surface area contributed by atoms with Crippen LogP contribution in [0.25, 0.3) is 0 Å². The lowest BCUT2D eigenvalue weighted by Crippen LogP contribution is -2.18. The van der Waals surface area contributed by atoms with Crippen LogP contribution in [0, 0.1) is 5.92 Å². The Kier molecular flexibility index (Phi) is 5.32.